The number of imidazole rings is 1. The minimum atomic E-state index is -1.29. The fourth-order valence-electron chi connectivity index (χ4n) is 1.46. The van der Waals surface area contributed by atoms with Crippen molar-refractivity contribution >= 4 is 19.1 Å². The Balaban J connectivity index is 2.46. The van der Waals surface area contributed by atoms with Crippen LogP contribution in [0.15, 0.2) is 24.5 Å². The Labute approximate surface area is 97.3 Å². The Morgan fingerprint density at radius 3 is 2.69 bits per heavy atom. The maximum Gasteiger partial charge on any atom is 0.129 e. The van der Waals surface area contributed by atoms with Crippen LogP contribution in [0.25, 0.3) is 11.0 Å². The SMILES string of the molecule is Cn1cnc2ccc(C#C[Si](C)(C)C)cc21. The number of aromatic nitrogens is 2. The number of benzene rings is 1. The second-order valence-electron chi connectivity index (χ2n) is 5.06. The van der Waals surface area contributed by atoms with Crippen molar-refractivity contribution in [2.24, 2.45) is 7.05 Å². The van der Waals surface area contributed by atoms with E-state index in [0.717, 1.165) is 16.6 Å². The summed E-state index contributed by atoms with van der Waals surface area (Å²) in [6.45, 7) is 6.76. The van der Waals surface area contributed by atoms with Gasteiger partial charge in [0.1, 0.15) is 8.07 Å². The second-order valence-corrected chi connectivity index (χ2v) is 9.81. The quantitative estimate of drug-likeness (QED) is 0.501. The highest BCUT2D eigenvalue weighted by atomic mass is 28.3. The number of fused-ring (bicyclic) bond motifs is 1. The van der Waals surface area contributed by atoms with Crippen molar-refractivity contribution < 1.29 is 0 Å². The van der Waals surface area contributed by atoms with Gasteiger partial charge in [0.25, 0.3) is 0 Å². The van der Waals surface area contributed by atoms with Gasteiger partial charge in [0.05, 0.1) is 17.4 Å². The summed E-state index contributed by atoms with van der Waals surface area (Å²) in [5.74, 6) is 3.26. The van der Waals surface area contributed by atoms with Gasteiger partial charge in [-0.15, -0.1) is 5.54 Å². The third-order valence-corrected chi connectivity index (χ3v) is 3.18. The zero-order chi connectivity index (χ0) is 11.8. The van der Waals surface area contributed by atoms with Crippen molar-refractivity contribution in [1.82, 2.24) is 9.55 Å². The molecule has 0 fully saturated rings. The molecule has 0 N–H and O–H groups in total. The zero-order valence-electron chi connectivity index (χ0n) is 10.2. The molecule has 1 heterocycles. The highest BCUT2D eigenvalue weighted by molar-refractivity contribution is 6.83. The molecule has 0 aliphatic carbocycles. The van der Waals surface area contributed by atoms with Gasteiger partial charge >= 0.3 is 0 Å². The number of hydrogen-bond donors (Lipinski definition) is 0. The molecule has 3 heteroatoms. The van der Waals surface area contributed by atoms with E-state index >= 15 is 0 Å². The topological polar surface area (TPSA) is 17.8 Å². The third-order valence-electron chi connectivity index (χ3n) is 2.31. The van der Waals surface area contributed by atoms with E-state index in [1.165, 1.54) is 0 Å². The molecule has 0 atom stereocenters. The average molecular weight is 228 g/mol. The largest absolute Gasteiger partial charge is 0.334 e. The summed E-state index contributed by atoms with van der Waals surface area (Å²) in [5, 5.41) is 0. The van der Waals surface area contributed by atoms with Crippen LogP contribution in [-0.4, -0.2) is 17.6 Å². The van der Waals surface area contributed by atoms with E-state index in [4.69, 9.17) is 0 Å². The molecule has 0 unspecified atom stereocenters. The highest BCUT2D eigenvalue weighted by Crippen LogP contribution is 2.13. The van der Waals surface area contributed by atoms with Gasteiger partial charge in [-0.3, -0.25) is 0 Å². The average Bonchev–Trinajstić information content (AvgIpc) is 2.56. The second kappa shape index (κ2) is 3.80. The first-order chi connectivity index (χ1) is 7.46. The Hall–Kier alpha value is -1.53. The number of nitrogens with zero attached hydrogens (tertiary/aromatic N) is 2. The summed E-state index contributed by atoms with van der Waals surface area (Å²) in [5.41, 5.74) is 6.63. The van der Waals surface area contributed by atoms with E-state index in [2.05, 4.69) is 42.2 Å². The molecule has 0 radical (unpaired) electrons. The van der Waals surface area contributed by atoms with Gasteiger partial charge in [-0.1, -0.05) is 25.6 Å². The van der Waals surface area contributed by atoms with Crippen molar-refractivity contribution in [3.63, 3.8) is 0 Å². The first-order valence-corrected chi connectivity index (χ1v) is 8.90. The van der Waals surface area contributed by atoms with E-state index in [1.54, 1.807) is 0 Å². The van der Waals surface area contributed by atoms with Crippen molar-refractivity contribution in [1.29, 1.82) is 0 Å². The van der Waals surface area contributed by atoms with Gasteiger partial charge in [-0.25, -0.2) is 4.98 Å². The lowest BCUT2D eigenvalue weighted by atomic mass is 10.2. The molecule has 2 rings (SSSR count). The molecule has 0 bridgehead atoms. The minimum absolute atomic E-state index is 1.03. The lowest BCUT2D eigenvalue weighted by Gasteiger charge is -2.03. The third kappa shape index (κ3) is 2.34. The first kappa shape index (κ1) is 11.0. The lowest BCUT2D eigenvalue weighted by molar-refractivity contribution is 0.947. The minimum Gasteiger partial charge on any atom is -0.334 e. The van der Waals surface area contributed by atoms with E-state index in [-0.39, 0.29) is 0 Å². The number of hydrogen-bond acceptors (Lipinski definition) is 1. The fourth-order valence-corrected chi connectivity index (χ4v) is 1.98. The lowest BCUT2D eigenvalue weighted by Crippen LogP contribution is -2.16. The van der Waals surface area contributed by atoms with Crippen molar-refractivity contribution in [3.05, 3.63) is 30.1 Å². The summed E-state index contributed by atoms with van der Waals surface area (Å²) in [7, 11) is 0.716. The Bertz CT molecular complexity index is 579. The van der Waals surface area contributed by atoms with Crippen molar-refractivity contribution in [2.45, 2.75) is 19.6 Å². The molecule has 0 saturated carbocycles. The normalized spacial score (nSPS) is 11.2. The molecule has 0 aliphatic rings. The van der Waals surface area contributed by atoms with Gasteiger partial charge in [-0.05, 0) is 18.2 Å². The van der Waals surface area contributed by atoms with E-state index in [1.807, 2.05) is 30.1 Å². The number of aryl methyl sites for hydroxylation is 1. The molecule has 0 spiro atoms. The number of rotatable bonds is 0. The molecule has 0 amide bonds. The maximum absolute atomic E-state index is 4.29. The molecule has 1 aromatic heterocycles. The molecule has 1 aromatic carbocycles. The monoisotopic (exact) mass is 228 g/mol. The van der Waals surface area contributed by atoms with Crippen LogP contribution in [0.4, 0.5) is 0 Å². The Morgan fingerprint density at radius 2 is 2.00 bits per heavy atom. The summed E-state index contributed by atoms with van der Waals surface area (Å²) in [4.78, 5) is 4.29. The van der Waals surface area contributed by atoms with Crippen LogP contribution >= 0.6 is 0 Å². The van der Waals surface area contributed by atoms with Crippen LogP contribution in [0, 0.1) is 11.5 Å². The molecular formula is C13H16N2Si. The van der Waals surface area contributed by atoms with Crippen LogP contribution in [0.5, 0.6) is 0 Å². The van der Waals surface area contributed by atoms with E-state index in [0.29, 0.717) is 0 Å². The molecule has 16 heavy (non-hydrogen) atoms. The van der Waals surface area contributed by atoms with E-state index < -0.39 is 8.07 Å². The summed E-state index contributed by atoms with van der Waals surface area (Å²) in [6.07, 6.45) is 1.83. The van der Waals surface area contributed by atoms with Gasteiger partial charge in [0.2, 0.25) is 0 Å². The Kier molecular flexibility index (Phi) is 2.61. The predicted octanol–water partition coefficient (Wildman–Crippen LogP) is 2.80. The van der Waals surface area contributed by atoms with Crippen molar-refractivity contribution in [3.8, 4) is 11.5 Å². The van der Waals surface area contributed by atoms with Crippen LogP contribution in [-0.2, 0) is 7.05 Å². The zero-order valence-corrected chi connectivity index (χ0v) is 11.2. The van der Waals surface area contributed by atoms with Crippen LogP contribution < -0.4 is 0 Å². The first-order valence-electron chi connectivity index (χ1n) is 5.40. The molecule has 0 aliphatic heterocycles. The van der Waals surface area contributed by atoms with Crippen LogP contribution in [0.3, 0.4) is 0 Å². The highest BCUT2D eigenvalue weighted by Gasteiger charge is 2.07. The van der Waals surface area contributed by atoms with Gasteiger partial charge in [0, 0.05) is 12.6 Å². The molecule has 2 aromatic rings. The van der Waals surface area contributed by atoms with Crippen LogP contribution in [0.1, 0.15) is 5.56 Å². The summed E-state index contributed by atoms with van der Waals surface area (Å²) < 4.78 is 2.02. The predicted molar refractivity (Wildman–Crippen MR) is 70.9 cm³/mol. The maximum atomic E-state index is 4.29. The Morgan fingerprint density at radius 1 is 1.25 bits per heavy atom. The molecular weight excluding hydrogens is 212 g/mol. The smallest absolute Gasteiger partial charge is 0.129 e. The molecule has 0 saturated heterocycles. The molecule has 82 valence electrons. The summed E-state index contributed by atoms with van der Waals surface area (Å²) in [6, 6.07) is 6.18. The standard InChI is InChI=1S/C13H16N2Si/c1-15-10-14-12-6-5-11(9-13(12)15)7-8-16(2,3)4/h5-6,9-10H,1-4H3. The van der Waals surface area contributed by atoms with Crippen LogP contribution in [0.2, 0.25) is 19.6 Å². The van der Waals surface area contributed by atoms with Gasteiger partial charge in [-0.2, -0.15) is 0 Å². The fraction of sp³-hybridized carbons (Fsp3) is 0.308. The van der Waals surface area contributed by atoms with Gasteiger partial charge < -0.3 is 4.57 Å². The molecule has 2 nitrogen and oxygen atoms in total. The van der Waals surface area contributed by atoms with Crippen molar-refractivity contribution in [2.75, 3.05) is 0 Å². The summed E-state index contributed by atoms with van der Waals surface area (Å²) >= 11 is 0. The van der Waals surface area contributed by atoms with Gasteiger partial charge in [0.15, 0.2) is 0 Å². The van der Waals surface area contributed by atoms with E-state index in [9.17, 15) is 0 Å².